The molecule has 0 fully saturated rings. The summed E-state index contributed by atoms with van der Waals surface area (Å²) in [6, 6.07) is 8.63. The predicted molar refractivity (Wildman–Crippen MR) is 77.8 cm³/mol. The lowest BCUT2D eigenvalue weighted by atomic mass is 10.1. The zero-order valence-electron chi connectivity index (χ0n) is 11.9. The SMILES string of the molecule is CC(C)CNCc1ccnc(Cc2ccccc2F)n1. The van der Waals surface area contributed by atoms with E-state index in [4.69, 9.17) is 0 Å². The maximum absolute atomic E-state index is 13.6. The van der Waals surface area contributed by atoms with Gasteiger partial charge in [0.05, 0.1) is 5.69 Å². The molecule has 0 saturated carbocycles. The van der Waals surface area contributed by atoms with Gasteiger partial charge in [-0.1, -0.05) is 32.0 Å². The van der Waals surface area contributed by atoms with Gasteiger partial charge in [0.25, 0.3) is 0 Å². The van der Waals surface area contributed by atoms with Gasteiger partial charge < -0.3 is 5.32 Å². The van der Waals surface area contributed by atoms with Crippen LogP contribution < -0.4 is 5.32 Å². The molecule has 0 aliphatic carbocycles. The number of halogens is 1. The van der Waals surface area contributed by atoms with E-state index in [9.17, 15) is 4.39 Å². The lowest BCUT2D eigenvalue weighted by Crippen LogP contribution is -2.20. The van der Waals surface area contributed by atoms with E-state index in [0.717, 1.165) is 12.2 Å². The Labute approximate surface area is 119 Å². The highest BCUT2D eigenvalue weighted by molar-refractivity contribution is 5.21. The molecule has 1 aromatic carbocycles. The highest BCUT2D eigenvalue weighted by Crippen LogP contribution is 2.10. The van der Waals surface area contributed by atoms with Gasteiger partial charge in [-0.25, -0.2) is 14.4 Å². The Bertz CT molecular complexity index is 555. The third kappa shape index (κ3) is 4.38. The lowest BCUT2D eigenvalue weighted by Gasteiger charge is -2.08. The van der Waals surface area contributed by atoms with Crippen LogP contribution in [0.25, 0.3) is 0 Å². The van der Waals surface area contributed by atoms with Crippen molar-refractivity contribution in [3.63, 3.8) is 0 Å². The van der Waals surface area contributed by atoms with Gasteiger partial charge in [0.2, 0.25) is 0 Å². The fraction of sp³-hybridized carbons (Fsp3) is 0.375. The Morgan fingerprint density at radius 3 is 2.75 bits per heavy atom. The third-order valence-corrected chi connectivity index (χ3v) is 2.93. The molecule has 0 aliphatic rings. The van der Waals surface area contributed by atoms with Gasteiger partial charge in [-0.3, -0.25) is 0 Å². The van der Waals surface area contributed by atoms with E-state index in [1.165, 1.54) is 6.07 Å². The number of aromatic nitrogens is 2. The van der Waals surface area contributed by atoms with E-state index < -0.39 is 0 Å². The van der Waals surface area contributed by atoms with Crippen molar-refractivity contribution in [2.75, 3.05) is 6.54 Å². The molecule has 0 unspecified atom stereocenters. The Kier molecular flexibility index (Phi) is 5.18. The number of hydrogen-bond donors (Lipinski definition) is 1. The van der Waals surface area contributed by atoms with Crippen LogP contribution in [0.4, 0.5) is 4.39 Å². The molecule has 1 aromatic heterocycles. The van der Waals surface area contributed by atoms with Crippen molar-refractivity contribution in [3.05, 3.63) is 59.4 Å². The van der Waals surface area contributed by atoms with Crippen LogP contribution >= 0.6 is 0 Å². The van der Waals surface area contributed by atoms with Gasteiger partial charge in [0.15, 0.2) is 0 Å². The van der Waals surface area contributed by atoms with Crippen LogP contribution in [-0.2, 0) is 13.0 Å². The van der Waals surface area contributed by atoms with Gasteiger partial charge in [0, 0.05) is 19.2 Å². The fourth-order valence-corrected chi connectivity index (χ4v) is 1.93. The summed E-state index contributed by atoms with van der Waals surface area (Å²) in [6.45, 7) is 5.99. The molecule has 1 N–H and O–H groups in total. The van der Waals surface area contributed by atoms with Crippen LogP contribution in [-0.4, -0.2) is 16.5 Å². The zero-order chi connectivity index (χ0) is 14.4. The number of nitrogens with zero attached hydrogens (tertiary/aromatic N) is 2. The quantitative estimate of drug-likeness (QED) is 0.879. The van der Waals surface area contributed by atoms with Crippen molar-refractivity contribution in [3.8, 4) is 0 Å². The first kappa shape index (κ1) is 14.6. The first-order valence-corrected chi connectivity index (χ1v) is 6.90. The maximum atomic E-state index is 13.6. The van der Waals surface area contributed by atoms with Gasteiger partial charge >= 0.3 is 0 Å². The first-order valence-electron chi connectivity index (χ1n) is 6.90. The summed E-state index contributed by atoms with van der Waals surface area (Å²) < 4.78 is 13.6. The molecule has 0 bridgehead atoms. The topological polar surface area (TPSA) is 37.8 Å². The van der Waals surface area contributed by atoms with Crippen molar-refractivity contribution in [1.82, 2.24) is 15.3 Å². The second-order valence-electron chi connectivity index (χ2n) is 5.26. The average Bonchev–Trinajstić information content (AvgIpc) is 2.41. The molecule has 2 aromatic rings. The number of nitrogens with one attached hydrogen (secondary N) is 1. The Balaban J connectivity index is 2.01. The van der Waals surface area contributed by atoms with Crippen molar-refractivity contribution >= 4 is 0 Å². The van der Waals surface area contributed by atoms with Crippen LogP contribution in [0.5, 0.6) is 0 Å². The highest BCUT2D eigenvalue weighted by Gasteiger charge is 2.05. The van der Waals surface area contributed by atoms with E-state index in [0.29, 0.717) is 30.3 Å². The molecule has 0 amide bonds. The summed E-state index contributed by atoms with van der Waals surface area (Å²) in [5, 5.41) is 3.34. The molecule has 0 saturated heterocycles. The molecule has 0 spiro atoms. The standard InChI is InChI=1S/C16H20FN3/c1-12(2)10-18-11-14-7-8-19-16(20-14)9-13-5-3-4-6-15(13)17/h3-8,12,18H,9-11H2,1-2H3. The maximum Gasteiger partial charge on any atom is 0.133 e. The summed E-state index contributed by atoms with van der Waals surface area (Å²) in [7, 11) is 0. The van der Waals surface area contributed by atoms with Crippen molar-refractivity contribution in [1.29, 1.82) is 0 Å². The Morgan fingerprint density at radius 2 is 2.00 bits per heavy atom. The molecule has 0 atom stereocenters. The van der Waals surface area contributed by atoms with E-state index in [-0.39, 0.29) is 5.82 Å². The highest BCUT2D eigenvalue weighted by atomic mass is 19.1. The van der Waals surface area contributed by atoms with E-state index >= 15 is 0 Å². The predicted octanol–water partition coefficient (Wildman–Crippen LogP) is 2.95. The molecule has 4 heteroatoms. The minimum Gasteiger partial charge on any atom is -0.311 e. The summed E-state index contributed by atoms with van der Waals surface area (Å²) in [6.07, 6.45) is 2.15. The van der Waals surface area contributed by atoms with Crippen LogP contribution in [0, 0.1) is 11.7 Å². The van der Waals surface area contributed by atoms with Crippen LogP contribution in [0.2, 0.25) is 0 Å². The number of hydrogen-bond acceptors (Lipinski definition) is 3. The summed E-state index contributed by atoms with van der Waals surface area (Å²) in [4.78, 5) is 8.68. The van der Waals surface area contributed by atoms with E-state index in [2.05, 4.69) is 29.1 Å². The summed E-state index contributed by atoms with van der Waals surface area (Å²) in [5.74, 6) is 1.05. The third-order valence-electron chi connectivity index (χ3n) is 2.93. The summed E-state index contributed by atoms with van der Waals surface area (Å²) in [5.41, 5.74) is 1.56. The molecule has 2 rings (SSSR count). The van der Waals surface area contributed by atoms with E-state index in [1.54, 1.807) is 18.3 Å². The van der Waals surface area contributed by atoms with E-state index in [1.807, 2.05) is 12.1 Å². The zero-order valence-corrected chi connectivity index (χ0v) is 11.9. The van der Waals surface area contributed by atoms with Crippen LogP contribution in [0.1, 0.15) is 30.9 Å². The second kappa shape index (κ2) is 7.10. The summed E-state index contributed by atoms with van der Waals surface area (Å²) >= 11 is 0. The van der Waals surface area contributed by atoms with Crippen LogP contribution in [0.3, 0.4) is 0 Å². The lowest BCUT2D eigenvalue weighted by molar-refractivity contribution is 0.547. The normalized spacial score (nSPS) is 11.0. The molecule has 20 heavy (non-hydrogen) atoms. The van der Waals surface area contributed by atoms with Crippen molar-refractivity contribution in [2.24, 2.45) is 5.92 Å². The van der Waals surface area contributed by atoms with Crippen molar-refractivity contribution < 1.29 is 4.39 Å². The Morgan fingerprint density at radius 1 is 1.20 bits per heavy atom. The smallest absolute Gasteiger partial charge is 0.133 e. The van der Waals surface area contributed by atoms with Gasteiger partial charge in [0.1, 0.15) is 11.6 Å². The molecule has 0 aliphatic heterocycles. The molecule has 3 nitrogen and oxygen atoms in total. The molecule has 1 heterocycles. The fourth-order valence-electron chi connectivity index (χ4n) is 1.93. The van der Waals surface area contributed by atoms with Crippen molar-refractivity contribution in [2.45, 2.75) is 26.8 Å². The molecule has 106 valence electrons. The second-order valence-corrected chi connectivity index (χ2v) is 5.26. The number of benzene rings is 1. The first-order chi connectivity index (χ1) is 9.65. The van der Waals surface area contributed by atoms with Gasteiger partial charge in [-0.05, 0) is 30.2 Å². The Hall–Kier alpha value is -1.81. The minimum absolute atomic E-state index is 0.209. The molecule has 0 radical (unpaired) electrons. The van der Waals surface area contributed by atoms with Gasteiger partial charge in [-0.2, -0.15) is 0 Å². The monoisotopic (exact) mass is 273 g/mol. The molecular weight excluding hydrogens is 253 g/mol. The minimum atomic E-state index is -0.209. The van der Waals surface area contributed by atoms with Crippen LogP contribution in [0.15, 0.2) is 36.5 Å². The van der Waals surface area contributed by atoms with Gasteiger partial charge in [-0.15, -0.1) is 0 Å². The number of rotatable bonds is 6. The average molecular weight is 273 g/mol. The molecular formula is C16H20FN3. The largest absolute Gasteiger partial charge is 0.311 e.